The molecule has 1 saturated carbocycles. The Kier molecular flexibility index (Phi) is 4.71. The van der Waals surface area contributed by atoms with Crippen molar-refractivity contribution >= 4 is 5.97 Å². The van der Waals surface area contributed by atoms with Crippen LogP contribution in [-0.4, -0.2) is 52.4 Å². The fourth-order valence-corrected chi connectivity index (χ4v) is 7.70. The van der Waals surface area contributed by atoms with Crippen molar-refractivity contribution in [1.29, 1.82) is 0 Å². The van der Waals surface area contributed by atoms with E-state index in [4.69, 9.17) is 4.74 Å². The molecule has 0 amide bonds. The molecule has 32 heavy (non-hydrogen) atoms. The highest BCUT2D eigenvalue weighted by molar-refractivity contribution is 5.76. The number of rotatable bonds is 2. The fraction of sp³-hybridized carbons (Fsp3) is 0.692. The Balaban J connectivity index is 1.25. The highest BCUT2D eigenvalue weighted by Gasteiger charge is 2.60. The van der Waals surface area contributed by atoms with Crippen LogP contribution in [-0.2, 0) is 16.1 Å². The van der Waals surface area contributed by atoms with Crippen molar-refractivity contribution in [2.75, 3.05) is 19.6 Å². The highest BCUT2D eigenvalue weighted by Crippen LogP contribution is 2.56. The number of aromatic nitrogens is 1. The Morgan fingerprint density at radius 3 is 2.91 bits per heavy atom. The van der Waals surface area contributed by atoms with Crippen molar-refractivity contribution < 1.29 is 14.6 Å². The van der Waals surface area contributed by atoms with Crippen molar-refractivity contribution in [2.45, 2.75) is 64.2 Å². The van der Waals surface area contributed by atoms with Crippen molar-refractivity contribution in [3.05, 3.63) is 45.9 Å². The van der Waals surface area contributed by atoms with Gasteiger partial charge in [0.1, 0.15) is 6.10 Å². The summed E-state index contributed by atoms with van der Waals surface area (Å²) in [4.78, 5) is 27.7. The van der Waals surface area contributed by atoms with Crippen LogP contribution in [0.2, 0.25) is 0 Å². The molecule has 6 rings (SSSR count). The van der Waals surface area contributed by atoms with Gasteiger partial charge in [0, 0.05) is 61.6 Å². The fourth-order valence-electron chi connectivity index (χ4n) is 7.70. The first kappa shape index (κ1) is 20.7. The SMILES string of the molecule is C[C@@H]1CCC=C2C[C@@H]3OC(=O)[C@H](CN4C[C@@H]5C[C@H](C4)c4cccc(=O)n4C5)[C@@H]3[C@@H](O)[C@]21C. The van der Waals surface area contributed by atoms with E-state index in [1.165, 1.54) is 5.57 Å². The molecule has 8 atom stereocenters. The third-order valence-corrected chi connectivity index (χ3v) is 9.58. The zero-order chi connectivity index (χ0) is 22.2. The van der Waals surface area contributed by atoms with Crippen LogP contribution in [0.25, 0.3) is 0 Å². The summed E-state index contributed by atoms with van der Waals surface area (Å²) in [5.41, 5.74) is 2.25. The first-order valence-corrected chi connectivity index (χ1v) is 12.4. The lowest BCUT2D eigenvalue weighted by atomic mass is 9.55. The van der Waals surface area contributed by atoms with Crippen LogP contribution in [0.1, 0.15) is 51.1 Å². The van der Waals surface area contributed by atoms with Crippen LogP contribution < -0.4 is 5.56 Å². The zero-order valence-corrected chi connectivity index (χ0v) is 19.1. The molecule has 1 N–H and O–H groups in total. The number of esters is 1. The Morgan fingerprint density at radius 1 is 1.22 bits per heavy atom. The molecule has 1 aromatic rings. The predicted molar refractivity (Wildman–Crippen MR) is 120 cm³/mol. The molecule has 4 heterocycles. The average molecular weight is 439 g/mol. The summed E-state index contributed by atoms with van der Waals surface area (Å²) in [6.07, 6.45) is 5.54. The minimum Gasteiger partial charge on any atom is -0.461 e. The van der Waals surface area contributed by atoms with E-state index in [9.17, 15) is 14.7 Å². The van der Waals surface area contributed by atoms with E-state index in [0.717, 1.165) is 51.0 Å². The second kappa shape index (κ2) is 7.29. The Labute approximate surface area is 189 Å². The third-order valence-electron chi connectivity index (χ3n) is 9.58. The summed E-state index contributed by atoms with van der Waals surface area (Å²) in [7, 11) is 0. The number of hydrogen-bond donors (Lipinski definition) is 1. The number of fused-ring (bicyclic) bond motifs is 6. The monoisotopic (exact) mass is 438 g/mol. The predicted octanol–water partition coefficient (Wildman–Crippen LogP) is 2.55. The van der Waals surface area contributed by atoms with Gasteiger partial charge in [-0.3, -0.25) is 9.59 Å². The number of likely N-dealkylation sites (tertiary alicyclic amines) is 1. The van der Waals surface area contributed by atoms with E-state index in [2.05, 4.69) is 30.9 Å². The number of hydrogen-bond acceptors (Lipinski definition) is 5. The maximum absolute atomic E-state index is 13.0. The molecule has 0 aromatic carbocycles. The van der Waals surface area contributed by atoms with Crippen molar-refractivity contribution in [3.63, 3.8) is 0 Å². The maximum Gasteiger partial charge on any atom is 0.311 e. The minimum atomic E-state index is -0.553. The number of aliphatic hydroxyl groups excluding tert-OH is 1. The molecule has 3 fully saturated rings. The highest BCUT2D eigenvalue weighted by atomic mass is 16.6. The molecule has 5 aliphatic rings. The van der Waals surface area contributed by atoms with E-state index in [-0.39, 0.29) is 34.9 Å². The molecule has 0 spiro atoms. The van der Waals surface area contributed by atoms with Gasteiger partial charge in [-0.05, 0) is 37.2 Å². The molecule has 3 aliphatic heterocycles. The van der Waals surface area contributed by atoms with E-state index in [1.54, 1.807) is 6.07 Å². The van der Waals surface area contributed by atoms with Gasteiger partial charge >= 0.3 is 5.97 Å². The number of ether oxygens (including phenoxy) is 1. The first-order chi connectivity index (χ1) is 15.4. The quantitative estimate of drug-likeness (QED) is 0.568. The molecule has 6 nitrogen and oxygen atoms in total. The standard InChI is InChI=1S/C26H34N2O4/c1-15-5-3-6-18-10-21-23(24(30)26(15,18)2)19(25(31)32-21)14-27-11-16-9-17(13-27)20-7-4-8-22(29)28(20)12-16/h4,6-8,15-17,19,21,23-24,30H,3,5,9-14H2,1-2H3/t15-,16+,17-,19-,21+,23+,24-,26+/m1/s1. The Morgan fingerprint density at radius 2 is 2.06 bits per heavy atom. The number of aliphatic hydroxyl groups is 1. The van der Waals surface area contributed by atoms with E-state index >= 15 is 0 Å². The van der Waals surface area contributed by atoms with Gasteiger partial charge in [-0.2, -0.15) is 0 Å². The zero-order valence-electron chi connectivity index (χ0n) is 19.1. The molecule has 6 heteroatoms. The van der Waals surface area contributed by atoms with Crippen molar-refractivity contribution in [2.24, 2.45) is 29.1 Å². The molecule has 2 bridgehead atoms. The molecule has 1 aromatic heterocycles. The van der Waals surface area contributed by atoms with Crippen molar-refractivity contribution in [3.8, 4) is 0 Å². The maximum atomic E-state index is 13.0. The summed E-state index contributed by atoms with van der Waals surface area (Å²) in [6.45, 7) is 7.60. The summed E-state index contributed by atoms with van der Waals surface area (Å²) < 4.78 is 7.82. The van der Waals surface area contributed by atoms with E-state index in [1.807, 2.05) is 10.6 Å². The van der Waals surface area contributed by atoms with Crippen molar-refractivity contribution in [1.82, 2.24) is 9.47 Å². The largest absolute Gasteiger partial charge is 0.461 e. The topological polar surface area (TPSA) is 71.8 Å². The third kappa shape index (κ3) is 2.91. The molecular formula is C26H34N2O4. The lowest BCUT2D eigenvalue weighted by Crippen LogP contribution is -2.55. The number of carbonyl (C=O) groups is 1. The second-order valence-electron chi connectivity index (χ2n) is 11.2. The second-order valence-corrected chi connectivity index (χ2v) is 11.2. The van der Waals surface area contributed by atoms with Gasteiger partial charge in [-0.25, -0.2) is 0 Å². The molecular weight excluding hydrogens is 404 g/mol. The molecule has 2 saturated heterocycles. The van der Waals surface area contributed by atoms with Crippen LogP contribution in [0.4, 0.5) is 0 Å². The molecule has 0 unspecified atom stereocenters. The summed E-state index contributed by atoms with van der Waals surface area (Å²) in [5, 5.41) is 11.6. The van der Waals surface area contributed by atoms with Gasteiger partial charge in [0.05, 0.1) is 12.0 Å². The van der Waals surface area contributed by atoms with Crippen LogP contribution in [0.3, 0.4) is 0 Å². The average Bonchev–Trinajstić information content (AvgIpc) is 3.06. The summed E-state index contributed by atoms with van der Waals surface area (Å²) >= 11 is 0. The van der Waals surface area contributed by atoms with Gasteiger partial charge in [-0.1, -0.05) is 31.6 Å². The van der Waals surface area contributed by atoms with Crippen LogP contribution in [0, 0.1) is 29.1 Å². The molecule has 172 valence electrons. The van der Waals surface area contributed by atoms with Gasteiger partial charge < -0.3 is 19.3 Å². The van der Waals surface area contributed by atoms with Gasteiger partial charge in [0.25, 0.3) is 5.56 Å². The van der Waals surface area contributed by atoms with Gasteiger partial charge in [-0.15, -0.1) is 0 Å². The number of allylic oxidation sites excluding steroid dienone is 1. The Hall–Kier alpha value is -1.92. The summed E-state index contributed by atoms with van der Waals surface area (Å²) in [5.74, 6) is 0.601. The number of pyridine rings is 1. The number of piperidine rings is 1. The smallest absolute Gasteiger partial charge is 0.311 e. The summed E-state index contributed by atoms with van der Waals surface area (Å²) in [6, 6.07) is 5.59. The van der Waals surface area contributed by atoms with E-state index in [0.29, 0.717) is 24.3 Å². The van der Waals surface area contributed by atoms with Crippen LogP contribution >= 0.6 is 0 Å². The molecule has 0 radical (unpaired) electrons. The van der Waals surface area contributed by atoms with E-state index < -0.39 is 6.10 Å². The number of nitrogens with zero attached hydrogens (tertiary/aromatic N) is 2. The lowest BCUT2D eigenvalue weighted by Gasteiger charge is -2.52. The first-order valence-electron chi connectivity index (χ1n) is 12.4. The van der Waals surface area contributed by atoms with Crippen LogP contribution in [0.15, 0.2) is 34.6 Å². The number of carbonyl (C=O) groups excluding carboxylic acids is 1. The normalized spacial score (nSPS) is 43.0. The van der Waals surface area contributed by atoms with Gasteiger partial charge in [0.15, 0.2) is 0 Å². The lowest BCUT2D eigenvalue weighted by molar-refractivity contribution is -0.145. The van der Waals surface area contributed by atoms with Gasteiger partial charge in [0.2, 0.25) is 0 Å². The Bertz CT molecular complexity index is 1030. The van der Waals surface area contributed by atoms with Crippen LogP contribution in [0.5, 0.6) is 0 Å². The molecule has 2 aliphatic carbocycles. The minimum absolute atomic E-state index is 0.0943.